The van der Waals surface area contributed by atoms with Crippen LogP contribution in [0.5, 0.6) is 0 Å². The van der Waals surface area contributed by atoms with E-state index in [1.165, 1.54) is 0 Å². The minimum Gasteiger partial charge on any atom is -0.322 e. The Hall–Kier alpha value is -2.64. The molecule has 102 valence electrons. The minimum absolute atomic E-state index is 0.111. The summed E-state index contributed by atoms with van der Waals surface area (Å²) in [7, 11) is 0. The summed E-state index contributed by atoms with van der Waals surface area (Å²) in [4.78, 5) is 12.3. The number of carbonyl (C=O) groups excluding carboxylic acids is 1. The van der Waals surface area contributed by atoms with Gasteiger partial charge in [0.1, 0.15) is 0 Å². The van der Waals surface area contributed by atoms with Crippen LogP contribution in [0.3, 0.4) is 0 Å². The van der Waals surface area contributed by atoms with Crippen molar-refractivity contribution in [2.24, 2.45) is 0 Å². The Morgan fingerprint density at radius 3 is 2.67 bits per heavy atom. The molecule has 3 nitrogen and oxygen atoms in total. The molecule has 1 N–H and O–H groups in total. The minimum atomic E-state index is -0.111. The molecule has 1 aromatic heterocycles. The zero-order valence-electron chi connectivity index (χ0n) is 11.2. The molecule has 0 aliphatic carbocycles. The normalized spacial score (nSPS) is 10.2. The van der Waals surface area contributed by atoms with E-state index in [2.05, 4.69) is 11.4 Å². The van der Waals surface area contributed by atoms with Gasteiger partial charge in [0.2, 0.25) is 0 Å². The maximum absolute atomic E-state index is 12.3. The van der Waals surface area contributed by atoms with E-state index in [-0.39, 0.29) is 5.91 Å². The predicted octanol–water partition coefficient (Wildman–Crippen LogP) is 4.22. The van der Waals surface area contributed by atoms with Crippen LogP contribution < -0.4 is 5.32 Å². The second-order valence-electron chi connectivity index (χ2n) is 4.63. The third-order valence-electron chi connectivity index (χ3n) is 3.22. The van der Waals surface area contributed by atoms with Crippen molar-refractivity contribution in [3.8, 4) is 6.07 Å². The van der Waals surface area contributed by atoms with E-state index < -0.39 is 0 Å². The topological polar surface area (TPSA) is 52.9 Å². The predicted molar refractivity (Wildman–Crippen MR) is 85.5 cm³/mol. The second-order valence-corrected chi connectivity index (χ2v) is 5.54. The molecule has 4 heteroatoms. The molecule has 0 aliphatic rings. The van der Waals surface area contributed by atoms with Gasteiger partial charge in [-0.3, -0.25) is 4.79 Å². The van der Waals surface area contributed by atoms with Crippen molar-refractivity contribution in [3.05, 3.63) is 65.0 Å². The summed E-state index contributed by atoms with van der Waals surface area (Å²) in [6.45, 7) is 0. The zero-order valence-corrected chi connectivity index (χ0v) is 12.0. The SMILES string of the molecule is N#CCc1ccc(NC(=O)c2csc3ccccc23)cc1. The maximum Gasteiger partial charge on any atom is 0.257 e. The van der Waals surface area contributed by atoms with E-state index >= 15 is 0 Å². The lowest BCUT2D eigenvalue weighted by atomic mass is 10.1. The van der Waals surface area contributed by atoms with Crippen molar-refractivity contribution in [2.45, 2.75) is 6.42 Å². The number of carbonyl (C=O) groups is 1. The number of amides is 1. The number of fused-ring (bicyclic) bond motifs is 1. The Bertz CT molecular complexity index is 828. The number of hydrogen-bond donors (Lipinski definition) is 1. The lowest BCUT2D eigenvalue weighted by Gasteiger charge is -2.05. The van der Waals surface area contributed by atoms with Crippen molar-refractivity contribution >= 4 is 33.0 Å². The third-order valence-corrected chi connectivity index (χ3v) is 4.18. The fraction of sp³-hybridized carbons (Fsp3) is 0.0588. The monoisotopic (exact) mass is 292 g/mol. The summed E-state index contributed by atoms with van der Waals surface area (Å²) in [5.41, 5.74) is 2.37. The van der Waals surface area contributed by atoms with Gasteiger partial charge >= 0.3 is 0 Å². The Morgan fingerprint density at radius 1 is 1.14 bits per heavy atom. The molecule has 0 saturated heterocycles. The van der Waals surface area contributed by atoms with Crippen molar-refractivity contribution in [1.29, 1.82) is 5.26 Å². The molecule has 0 aliphatic heterocycles. The van der Waals surface area contributed by atoms with Gasteiger partial charge in [0.05, 0.1) is 18.1 Å². The molecule has 0 saturated carbocycles. The Kier molecular flexibility index (Phi) is 3.67. The molecule has 0 atom stereocenters. The standard InChI is InChI=1S/C17H12N2OS/c18-10-9-12-5-7-13(8-6-12)19-17(20)15-11-21-16-4-2-1-3-14(15)16/h1-8,11H,9H2,(H,19,20). The van der Waals surface area contributed by atoms with Gasteiger partial charge in [0.25, 0.3) is 5.91 Å². The lowest BCUT2D eigenvalue weighted by Crippen LogP contribution is -2.11. The van der Waals surface area contributed by atoms with Gasteiger partial charge in [0.15, 0.2) is 0 Å². The van der Waals surface area contributed by atoms with E-state index in [1.807, 2.05) is 53.9 Å². The van der Waals surface area contributed by atoms with Gasteiger partial charge in [-0.1, -0.05) is 30.3 Å². The summed E-state index contributed by atoms with van der Waals surface area (Å²) in [5, 5.41) is 14.4. The number of benzene rings is 2. The second kappa shape index (κ2) is 5.78. The number of rotatable bonds is 3. The first kappa shape index (κ1) is 13.3. The first-order valence-electron chi connectivity index (χ1n) is 6.51. The van der Waals surface area contributed by atoms with Crippen molar-refractivity contribution in [3.63, 3.8) is 0 Å². The maximum atomic E-state index is 12.3. The Balaban J connectivity index is 1.81. The van der Waals surface area contributed by atoms with Crippen LogP contribution >= 0.6 is 11.3 Å². The van der Waals surface area contributed by atoms with E-state index in [0.717, 1.165) is 21.3 Å². The number of thiophene rings is 1. The number of hydrogen-bond acceptors (Lipinski definition) is 3. The van der Waals surface area contributed by atoms with E-state index in [1.54, 1.807) is 11.3 Å². The Labute approximate surface area is 126 Å². The first-order chi connectivity index (χ1) is 10.3. The molecule has 3 aromatic rings. The summed E-state index contributed by atoms with van der Waals surface area (Å²) >= 11 is 1.56. The van der Waals surface area contributed by atoms with Crippen LogP contribution in [0, 0.1) is 11.3 Å². The summed E-state index contributed by atoms with van der Waals surface area (Å²) < 4.78 is 1.10. The van der Waals surface area contributed by atoms with Crippen LogP contribution in [0.15, 0.2) is 53.9 Å². The lowest BCUT2D eigenvalue weighted by molar-refractivity contribution is 0.102. The van der Waals surface area contributed by atoms with Crippen LogP contribution in [-0.2, 0) is 6.42 Å². The molecule has 2 aromatic carbocycles. The average molecular weight is 292 g/mol. The van der Waals surface area contributed by atoms with Crippen LogP contribution in [-0.4, -0.2) is 5.91 Å². The van der Waals surface area contributed by atoms with Crippen LogP contribution in [0.25, 0.3) is 10.1 Å². The number of nitrogens with one attached hydrogen (secondary N) is 1. The number of nitriles is 1. The van der Waals surface area contributed by atoms with Crippen molar-refractivity contribution < 1.29 is 4.79 Å². The molecular formula is C17H12N2OS. The molecule has 0 unspecified atom stereocenters. The van der Waals surface area contributed by atoms with Gasteiger partial charge in [-0.15, -0.1) is 11.3 Å². The highest BCUT2D eigenvalue weighted by atomic mass is 32.1. The van der Waals surface area contributed by atoms with Gasteiger partial charge in [-0.05, 0) is 23.8 Å². The molecule has 21 heavy (non-hydrogen) atoms. The fourth-order valence-corrected chi connectivity index (χ4v) is 3.09. The molecule has 0 radical (unpaired) electrons. The Morgan fingerprint density at radius 2 is 1.90 bits per heavy atom. The molecule has 0 bridgehead atoms. The van der Waals surface area contributed by atoms with Crippen molar-refractivity contribution in [1.82, 2.24) is 0 Å². The number of anilines is 1. The van der Waals surface area contributed by atoms with E-state index in [9.17, 15) is 4.79 Å². The molecule has 1 amide bonds. The molecule has 0 fully saturated rings. The average Bonchev–Trinajstić information content (AvgIpc) is 2.93. The first-order valence-corrected chi connectivity index (χ1v) is 7.39. The van der Waals surface area contributed by atoms with Crippen molar-refractivity contribution in [2.75, 3.05) is 5.32 Å². The van der Waals surface area contributed by atoms with Gasteiger partial charge in [-0.2, -0.15) is 5.26 Å². The largest absolute Gasteiger partial charge is 0.322 e. The van der Waals surface area contributed by atoms with Crippen LogP contribution in [0.4, 0.5) is 5.69 Å². The van der Waals surface area contributed by atoms with Gasteiger partial charge < -0.3 is 5.32 Å². The molecule has 3 rings (SSSR count). The molecular weight excluding hydrogens is 280 g/mol. The molecule has 0 spiro atoms. The highest BCUT2D eigenvalue weighted by Gasteiger charge is 2.11. The number of nitrogens with zero attached hydrogens (tertiary/aromatic N) is 1. The quantitative estimate of drug-likeness (QED) is 0.785. The molecule has 1 heterocycles. The fourth-order valence-electron chi connectivity index (χ4n) is 2.15. The highest BCUT2D eigenvalue weighted by Crippen LogP contribution is 2.26. The van der Waals surface area contributed by atoms with Crippen LogP contribution in [0.2, 0.25) is 0 Å². The summed E-state index contributed by atoms with van der Waals surface area (Å²) in [6, 6.07) is 17.3. The smallest absolute Gasteiger partial charge is 0.257 e. The van der Waals surface area contributed by atoms with Crippen LogP contribution in [0.1, 0.15) is 15.9 Å². The zero-order chi connectivity index (χ0) is 14.7. The van der Waals surface area contributed by atoms with E-state index in [0.29, 0.717) is 12.0 Å². The summed E-state index contributed by atoms with van der Waals surface area (Å²) in [6.07, 6.45) is 0.378. The third kappa shape index (κ3) is 2.78. The van der Waals surface area contributed by atoms with Gasteiger partial charge in [-0.25, -0.2) is 0 Å². The van der Waals surface area contributed by atoms with E-state index in [4.69, 9.17) is 5.26 Å². The summed E-state index contributed by atoms with van der Waals surface area (Å²) in [5.74, 6) is -0.111. The highest BCUT2D eigenvalue weighted by molar-refractivity contribution is 7.17. The van der Waals surface area contributed by atoms with Gasteiger partial charge in [0, 0.05) is 21.2 Å².